The first-order chi connectivity index (χ1) is 17.4. The van der Waals surface area contributed by atoms with Crippen molar-refractivity contribution >= 4 is 23.7 Å². The van der Waals surface area contributed by atoms with E-state index in [4.69, 9.17) is 16.3 Å². The second-order valence-corrected chi connectivity index (χ2v) is 10.2. The van der Waals surface area contributed by atoms with Gasteiger partial charge >= 0.3 is 12.1 Å². The van der Waals surface area contributed by atoms with Crippen LogP contribution in [0.15, 0.2) is 24.3 Å². The first kappa shape index (κ1) is 28.5. The van der Waals surface area contributed by atoms with Crippen LogP contribution in [-0.2, 0) is 9.47 Å². The van der Waals surface area contributed by atoms with Crippen molar-refractivity contribution in [1.29, 1.82) is 0 Å². The Balaban J connectivity index is 1.65. The standard InChI is InChI=1S/C26H41ClN4O5/c1-28-16-22(23(32)18-7-3-4-8-18)30-25(33)31-13-6-10-20(17-31)24(19-9-5-11-21(27)15-19)36-14-12-29-26(34)35-2/h5,9,11,15,18,20,22-24,28,32H,3-4,6-8,10,12-14,16-17H2,1-2H3,(H,29,34)(H,30,33)/t20-,22-,23+,24+/m1/s1. The van der Waals surface area contributed by atoms with E-state index >= 15 is 0 Å². The number of likely N-dealkylation sites (tertiary alicyclic amines) is 1. The zero-order chi connectivity index (χ0) is 25.9. The fourth-order valence-corrected chi connectivity index (χ4v) is 5.59. The van der Waals surface area contributed by atoms with E-state index in [0.29, 0.717) is 37.8 Å². The largest absolute Gasteiger partial charge is 0.453 e. The monoisotopic (exact) mass is 524 g/mol. The molecule has 1 aliphatic carbocycles. The van der Waals surface area contributed by atoms with Crippen LogP contribution in [0.3, 0.4) is 0 Å². The number of halogens is 1. The van der Waals surface area contributed by atoms with Gasteiger partial charge in [0.2, 0.25) is 0 Å². The lowest BCUT2D eigenvalue weighted by molar-refractivity contribution is -0.00920. The van der Waals surface area contributed by atoms with Crippen molar-refractivity contribution in [3.8, 4) is 0 Å². The summed E-state index contributed by atoms with van der Waals surface area (Å²) in [5.41, 5.74) is 0.942. The molecule has 0 aromatic heterocycles. The maximum absolute atomic E-state index is 13.3. The second-order valence-electron chi connectivity index (χ2n) is 9.76. The number of piperidine rings is 1. The fourth-order valence-electron chi connectivity index (χ4n) is 5.40. The minimum absolute atomic E-state index is 0.0589. The number of hydrogen-bond acceptors (Lipinski definition) is 6. The number of carbonyl (C=O) groups is 2. The molecular weight excluding hydrogens is 484 g/mol. The van der Waals surface area contributed by atoms with Gasteiger partial charge in [0.05, 0.1) is 32.0 Å². The molecule has 0 bridgehead atoms. The van der Waals surface area contributed by atoms with Crippen molar-refractivity contribution in [3.63, 3.8) is 0 Å². The number of benzene rings is 1. The number of likely N-dealkylation sites (N-methyl/N-ethyl adjacent to an activating group) is 1. The van der Waals surface area contributed by atoms with Crippen LogP contribution in [0.2, 0.25) is 5.02 Å². The molecule has 1 aromatic carbocycles. The molecule has 1 heterocycles. The zero-order valence-electron chi connectivity index (χ0n) is 21.4. The van der Waals surface area contributed by atoms with Crippen LogP contribution in [-0.4, -0.2) is 81.2 Å². The third kappa shape index (κ3) is 8.23. The van der Waals surface area contributed by atoms with Gasteiger partial charge in [0, 0.05) is 37.1 Å². The Hall–Kier alpha value is -2.07. The van der Waals surface area contributed by atoms with Crippen molar-refractivity contribution in [2.24, 2.45) is 11.8 Å². The number of urea groups is 1. The minimum atomic E-state index is -0.561. The molecule has 0 spiro atoms. The molecule has 2 aliphatic rings. The Morgan fingerprint density at radius 1 is 1.19 bits per heavy atom. The van der Waals surface area contributed by atoms with Crippen LogP contribution in [0.4, 0.5) is 9.59 Å². The topological polar surface area (TPSA) is 112 Å². The molecule has 4 atom stereocenters. The molecule has 1 aliphatic heterocycles. The number of aliphatic hydroxyl groups excluding tert-OH is 1. The summed E-state index contributed by atoms with van der Waals surface area (Å²) in [5, 5.41) is 20.4. The maximum Gasteiger partial charge on any atom is 0.406 e. The van der Waals surface area contributed by atoms with Gasteiger partial charge in [-0.3, -0.25) is 0 Å². The van der Waals surface area contributed by atoms with Crippen molar-refractivity contribution < 1.29 is 24.2 Å². The van der Waals surface area contributed by atoms with Crippen LogP contribution in [0.5, 0.6) is 0 Å². The predicted octanol–water partition coefficient (Wildman–Crippen LogP) is 3.31. The number of nitrogens with zero attached hydrogens (tertiary/aromatic N) is 1. The van der Waals surface area contributed by atoms with Gasteiger partial charge in [0.15, 0.2) is 0 Å². The third-order valence-corrected chi connectivity index (χ3v) is 7.47. The Labute approximate surface area is 219 Å². The van der Waals surface area contributed by atoms with Gasteiger partial charge in [-0.05, 0) is 56.3 Å². The van der Waals surface area contributed by atoms with Gasteiger partial charge in [0.25, 0.3) is 0 Å². The van der Waals surface area contributed by atoms with Gasteiger partial charge < -0.3 is 35.4 Å². The maximum atomic E-state index is 13.3. The third-order valence-electron chi connectivity index (χ3n) is 7.23. The van der Waals surface area contributed by atoms with Gasteiger partial charge in [-0.25, -0.2) is 9.59 Å². The van der Waals surface area contributed by atoms with Crippen molar-refractivity contribution in [2.45, 2.75) is 56.8 Å². The smallest absolute Gasteiger partial charge is 0.406 e. The van der Waals surface area contributed by atoms with Crippen LogP contribution < -0.4 is 16.0 Å². The molecule has 4 N–H and O–H groups in total. The van der Waals surface area contributed by atoms with E-state index in [1.54, 1.807) is 0 Å². The van der Waals surface area contributed by atoms with E-state index in [9.17, 15) is 14.7 Å². The summed E-state index contributed by atoms with van der Waals surface area (Å²) in [6.45, 7) is 2.31. The van der Waals surface area contributed by atoms with E-state index in [1.807, 2.05) is 36.2 Å². The highest BCUT2D eigenvalue weighted by atomic mass is 35.5. The number of amides is 3. The Morgan fingerprint density at radius 3 is 2.64 bits per heavy atom. The molecule has 3 rings (SSSR count). The Kier molecular flexibility index (Phi) is 11.6. The van der Waals surface area contributed by atoms with Gasteiger partial charge in [-0.15, -0.1) is 0 Å². The summed E-state index contributed by atoms with van der Waals surface area (Å²) in [4.78, 5) is 26.5. The molecule has 10 heteroatoms. The fraction of sp³-hybridized carbons (Fsp3) is 0.692. The number of rotatable bonds is 11. The summed E-state index contributed by atoms with van der Waals surface area (Å²) >= 11 is 6.27. The summed E-state index contributed by atoms with van der Waals surface area (Å²) in [6, 6.07) is 7.08. The zero-order valence-corrected chi connectivity index (χ0v) is 22.1. The molecule has 2 fully saturated rings. The molecule has 3 amide bonds. The number of carbonyl (C=O) groups excluding carboxylic acids is 2. The van der Waals surface area contributed by atoms with E-state index < -0.39 is 12.2 Å². The van der Waals surface area contributed by atoms with Crippen molar-refractivity contribution in [3.05, 3.63) is 34.9 Å². The average Bonchev–Trinajstić information content (AvgIpc) is 3.43. The van der Waals surface area contributed by atoms with E-state index in [0.717, 1.165) is 44.1 Å². The molecule has 202 valence electrons. The summed E-state index contributed by atoms with van der Waals surface area (Å²) in [5.74, 6) is 0.292. The first-order valence-corrected chi connectivity index (χ1v) is 13.4. The van der Waals surface area contributed by atoms with Crippen LogP contribution in [0.25, 0.3) is 0 Å². The Morgan fingerprint density at radius 2 is 1.94 bits per heavy atom. The highest BCUT2D eigenvalue weighted by Gasteiger charge is 2.34. The Bertz CT molecular complexity index is 838. The van der Waals surface area contributed by atoms with Crippen LogP contribution >= 0.6 is 11.6 Å². The van der Waals surface area contributed by atoms with Crippen LogP contribution in [0.1, 0.15) is 50.2 Å². The quantitative estimate of drug-likeness (QED) is 0.330. The lowest BCUT2D eigenvalue weighted by Crippen LogP contribution is -2.56. The van der Waals surface area contributed by atoms with E-state index in [1.165, 1.54) is 7.11 Å². The first-order valence-electron chi connectivity index (χ1n) is 13.0. The number of aliphatic hydroxyl groups is 1. The average molecular weight is 525 g/mol. The van der Waals surface area contributed by atoms with Crippen LogP contribution in [0, 0.1) is 11.8 Å². The van der Waals surface area contributed by atoms with Crippen molar-refractivity contribution in [1.82, 2.24) is 20.9 Å². The summed E-state index contributed by atoms with van der Waals surface area (Å²) in [7, 11) is 3.15. The van der Waals surface area contributed by atoms with Gasteiger partial charge in [-0.1, -0.05) is 36.6 Å². The number of hydrogen-bond donors (Lipinski definition) is 4. The number of methoxy groups -OCH3 is 1. The molecule has 9 nitrogen and oxygen atoms in total. The van der Waals surface area contributed by atoms with E-state index in [2.05, 4.69) is 20.7 Å². The SMILES string of the molecule is CNC[C@@H](NC(=O)N1CCC[C@@H]([C@@H](OCCNC(=O)OC)c2cccc(Cl)c2)C1)[C@@H](O)C1CCCC1. The number of alkyl carbamates (subject to hydrolysis) is 1. The summed E-state index contributed by atoms with van der Waals surface area (Å²) in [6.07, 6.45) is 4.68. The molecule has 36 heavy (non-hydrogen) atoms. The number of ether oxygens (including phenoxy) is 2. The lowest BCUT2D eigenvalue weighted by Gasteiger charge is -2.38. The van der Waals surface area contributed by atoms with Gasteiger partial charge in [-0.2, -0.15) is 0 Å². The second kappa shape index (κ2) is 14.6. The van der Waals surface area contributed by atoms with Crippen molar-refractivity contribution in [2.75, 3.05) is 46.9 Å². The molecule has 0 radical (unpaired) electrons. The highest BCUT2D eigenvalue weighted by molar-refractivity contribution is 6.30. The lowest BCUT2D eigenvalue weighted by atomic mass is 9.88. The molecule has 1 aromatic rings. The van der Waals surface area contributed by atoms with E-state index in [-0.39, 0.29) is 30.0 Å². The van der Waals surface area contributed by atoms with Gasteiger partial charge in [0.1, 0.15) is 0 Å². The molecule has 1 saturated carbocycles. The molecule has 0 unspecified atom stereocenters. The number of nitrogens with one attached hydrogen (secondary N) is 3. The normalized spacial score (nSPS) is 21.0. The molecule has 1 saturated heterocycles. The summed E-state index contributed by atoms with van der Waals surface area (Å²) < 4.78 is 10.8. The highest BCUT2D eigenvalue weighted by Crippen LogP contribution is 2.34. The molecular formula is C26H41ClN4O5. The minimum Gasteiger partial charge on any atom is -0.453 e. The predicted molar refractivity (Wildman–Crippen MR) is 139 cm³/mol.